The molecule has 0 saturated heterocycles. The summed E-state index contributed by atoms with van der Waals surface area (Å²) in [5.74, 6) is 0.240. The van der Waals surface area contributed by atoms with Crippen molar-refractivity contribution in [2.75, 3.05) is 0 Å². The second-order valence-corrected chi connectivity index (χ2v) is 3.65. The molecule has 1 saturated carbocycles. The largest absolute Gasteiger partial charge is 0.353 e. The van der Waals surface area contributed by atoms with Crippen molar-refractivity contribution in [2.45, 2.75) is 57.9 Å². The van der Waals surface area contributed by atoms with E-state index >= 15 is 0 Å². The van der Waals surface area contributed by atoms with Crippen molar-refractivity contribution in [3.05, 3.63) is 0 Å². The summed E-state index contributed by atoms with van der Waals surface area (Å²) in [6, 6.07) is 0.484. The Labute approximate surface area is 74.7 Å². The molecule has 1 fully saturated rings. The van der Waals surface area contributed by atoms with Gasteiger partial charge in [0.05, 0.1) is 0 Å². The monoisotopic (exact) mass is 169 g/mol. The average Bonchev–Trinajstić information content (AvgIpc) is 2.06. The van der Waals surface area contributed by atoms with Crippen LogP contribution in [0.1, 0.15) is 51.9 Å². The van der Waals surface area contributed by atoms with E-state index in [1.165, 1.54) is 32.1 Å². The van der Waals surface area contributed by atoms with Gasteiger partial charge in [-0.05, 0) is 19.3 Å². The molecule has 1 aliphatic carbocycles. The van der Waals surface area contributed by atoms with Crippen LogP contribution in [0, 0.1) is 0 Å². The Morgan fingerprint density at radius 3 is 2.58 bits per heavy atom. The van der Waals surface area contributed by atoms with Crippen LogP contribution >= 0.6 is 0 Å². The third-order valence-corrected chi connectivity index (χ3v) is 2.45. The van der Waals surface area contributed by atoms with Crippen molar-refractivity contribution in [1.82, 2.24) is 5.32 Å². The summed E-state index contributed by atoms with van der Waals surface area (Å²) in [5, 5.41) is 3.08. The van der Waals surface area contributed by atoms with E-state index < -0.39 is 0 Å². The van der Waals surface area contributed by atoms with Gasteiger partial charge in [0.2, 0.25) is 5.91 Å². The highest BCUT2D eigenvalue weighted by molar-refractivity contribution is 5.76. The van der Waals surface area contributed by atoms with Crippen LogP contribution in [0.2, 0.25) is 0 Å². The van der Waals surface area contributed by atoms with Crippen LogP contribution in [-0.4, -0.2) is 11.9 Å². The van der Waals surface area contributed by atoms with Crippen LogP contribution in [0.15, 0.2) is 0 Å². The highest BCUT2D eigenvalue weighted by Crippen LogP contribution is 2.17. The Morgan fingerprint density at radius 2 is 2.00 bits per heavy atom. The van der Waals surface area contributed by atoms with Gasteiger partial charge in [-0.15, -0.1) is 0 Å². The van der Waals surface area contributed by atoms with Crippen molar-refractivity contribution >= 4 is 5.91 Å². The van der Waals surface area contributed by atoms with Crippen molar-refractivity contribution in [3.63, 3.8) is 0 Å². The van der Waals surface area contributed by atoms with Crippen LogP contribution in [0.3, 0.4) is 0 Å². The molecule has 2 heteroatoms. The zero-order chi connectivity index (χ0) is 8.81. The van der Waals surface area contributed by atoms with Gasteiger partial charge in [0.1, 0.15) is 0 Å². The molecule has 2 nitrogen and oxygen atoms in total. The van der Waals surface area contributed by atoms with Gasteiger partial charge in [-0.3, -0.25) is 4.79 Å². The van der Waals surface area contributed by atoms with Gasteiger partial charge in [-0.25, -0.2) is 0 Å². The molecule has 1 N–H and O–H groups in total. The number of hydrogen-bond acceptors (Lipinski definition) is 1. The van der Waals surface area contributed by atoms with Crippen molar-refractivity contribution in [1.29, 1.82) is 0 Å². The smallest absolute Gasteiger partial charge is 0.220 e. The van der Waals surface area contributed by atoms with Gasteiger partial charge in [0.15, 0.2) is 0 Å². The number of amides is 1. The fourth-order valence-corrected chi connectivity index (χ4v) is 1.77. The molecule has 0 aromatic rings. The van der Waals surface area contributed by atoms with E-state index in [0.717, 1.165) is 6.42 Å². The lowest BCUT2D eigenvalue weighted by Gasteiger charge is -2.22. The first-order valence-electron chi connectivity index (χ1n) is 5.12. The lowest BCUT2D eigenvalue weighted by atomic mass is 9.95. The summed E-state index contributed by atoms with van der Waals surface area (Å²) >= 11 is 0. The first kappa shape index (κ1) is 9.56. The summed E-state index contributed by atoms with van der Waals surface area (Å²) in [6.45, 7) is 2.04. The number of hydrogen-bond donors (Lipinski definition) is 1. The molecular formula is C10H19NO. The van der Waals surface area contributed by atoms with E-state index in [2.05, 4.69) is 5.32 Å². The Hall–Kier alpha value is -0.530. The lowest BCUT2D eigenvalue weighted by molar-refractivity contribution is -0.122. The van der Waals surface area contributed by atoms with Gasteiger partial charge in [-0.2, -0.15) is 0 Å². The van der Waals surface area contributed by atoms with Crippen LogP contribution in [0.25, 0.3) is 0 Å². The number of nitrogens with one attached hydrogen (secondary N) is 1. The Balaban J connectivity index is 2.15. The summed E-state index contributed by atoms with van der Waals surface area (Å²) < 4.78 is 0. The minimum absolute atomic E-state index is 0.240. The SMILES string of the molecule is CCCC(=O)NC1CCCCC1. The molecule has 0 bridgehead atoms. The molecular weight excluding hydrogens is 150 g/mol. The molecule has 12 heavy (non-hydrogen) atoms. The Kier molecular flexibility index (Phi) is 4.12. The minimum Gasteiger partial charge on any atom is -0.353 e. The van der Waals surface area contributed by atoms with Crippen LogP contribution < -0.4 is 5.32 Å². The van der Waals surface area contributed by atoms with E-state index in [1.54, 1.807) is 0 Å². The maximum atomic E-state index is 11.2. The fourth-order valence-electron chi connectivity index (χ4n) is 1.77. The predicted octanol–water partition coefficient (Wildman–Crippen LogP) is 2.24. The molecule has 0 unspecified atom stereocenters. The van der Waals surface area contributed by atoms with E-state index in [4.69, 9.17) is 0 Å². The molecule has 0 heterocycles. The van der Waals surface area contributed by atoms with Gasteiger partial charge < -0.3 is 5.32 Å². The van der Waals surface area contributed by atoms with Gasteiger partial charge >= 0.3 is 0 Å². The van der Waals surface area contributed by atoms with E-state index in [-0.39, 0.29) is 5.91 Å². The molecule has 70 valence electrons. The minimum atomic E-state index is 0.240. The predicted molar refractivity (Wildman–Crippen MR) is 49.9 cm³/mol. The topological polar surface area (TPSA) is 29.1 Å². The lowest BCUT2D eigenvalue weighted by Crippen LogP contribution is -2.35. The maximum absolute atomic E-state index is 11.2. The third-order valence-electron chi connectivity index (χ3n) is 2.45. The maximum Gasteiger partial charge on any atom is 0.220 e. The standard InChI is InChI=1S/C10H19NO/c1-2-6-10(12)11-9-7-4-3-5-8-9/h9H,2-8H2,1H3,(H,11,12). The molecule has 0 aromatic carbocycles. The Morgan fingerprint density at radius 1 is 1.33 bits per heavy atom. The van der Waals surface area contributed by atoms with Crippen LogP contribution in [0.5, 0.6) is 0 Å². The third kappa shape index (κ3) is 3.24. The summed E-state index contributed by atoms with van der Waals surface area (Å²) in [7, 11) is 0. The first-order chi connectivity index (χ1) is 5.83. The number of carbonyl (C=O) groups excluding carboxylic acids is 1. The van der Waals surface area contributed by atoms with Crippen molar-refractivity contribution in [2.24, 2.45) is 0 Å². The van der Waals surface area contributed by atoms with E-state index in [0.29, 0.717) is 12.5 Å². The Bertz CT molecular complexity index is 139. The normalized spacial score (nSPS) is 19.1. The molecule has 0 atom stereocenters. The fraction of sp³-hybridized carbons (Fsp3) is 0.900. The van der Waals surface area contributed by atoms with Gasteiger partial charge in [0, 0.05) is 12.5 Å². The van der Waals surface area contributed by atoms with Crippen molar-refractivity contribution in [3.8, 4) is 0 Å². The zero-order valence-corrected chi connectivity index (χ0v) is 7.94. The second kappa shape index (κ2) is 5.18. The average molecular weight is 169 g/mol. The molecule has 1 amide bonds. The summed E-state index contributed by atoms with van der Waals surface area (Å²) in [5.41, 5.74) is 0. The highest BCUT2D eigenvalue weighted by atomic mass is 16.1. The van der Waals surface area contributed by atoms with Crippen molar-refractivity contribution < 1.29 is 4.79 Å². The zero-order valence-electron chi connectivity index (χ0n) is 7.94. The second-order valence-electron chi connectivity index (χ2n) is 3.65. The molecule has 0 aliphatic heterocycles. The highest BCUT2D eigenvalue weighted by Gasteiger charge is 2.14. The van der Waals surface area contributed by atoms with E-state index in [9.17, 15) is 4.79 Å². The number of carbonyl (C=O) groups is 1. The quantitative estimate of drug-likeness (QED) is 0.689. The molecule has 0 aromatic heterocycles. The first-order valence-corrected chi connectivity index (χ1v) is 5.12. The summed E-state index contributed by atoms with van der Waals surface area (Å²) in [4.78, 5) is 11.2. The van der Waals surface area contributed by atoms with E-state index in [1.807, 2.05) is 6.92 Å². The molecule has 0 radical (unpaired) electrons. The summed E-state index contributed by atoms with van der Waals surface area (Å²) in [6.07, 6.45) is 7.95. The van der Waals surface area contributed by atoms with Crippen LogP contribution in [-0.2, 0) is 4.79 Å². The number of rotatable bonds is 3. The van der Waals surface area contributed by atoms with Gasteiger partial charge in [-0.1, -0.05) is 26.2 Å². The molecule has 1 rings (SSSR count). The van der Waals surface area contributed by atoms with Crippen LogP contribution in [0.4, 0.5) is 0 Å². The molecule has 0 spiro atoms. The molecule has 1 aliphatic rings. The van der Waals surface area contributed by atoms with Gasteiger partial charge in [0.25, 0.3) is 0 Å².